The van der Waals surface area contributed by atoms with Crippen LogP contribution in [0, 0.1) is 0 Å². The summed E-state index contributed by atoms with van der Waals surface area (Å²) >= 11 is 0. The van der Waals surface area contributed by atoms with Gasteiger partial charge in [-0.2, -0.15) is 0 Å². The van der Waals surface area contributed by atoms with Gasteiger partial charge >= 0.3 is 0 Å². The maximum Gasteiger partial charge on any atom is 0.223 e. The fraction of sp³-hybridized carbons (Fsp3) is 0.727. The molecule has 2 atom stereocenters. The Hall–Kier alpha value is -0.723. The predicted molar refractivity (Wildman–Crippen MR) is 116 cm³/mol. The van der Waals surface area contributed by atoms with Gasteiger partial charge in [-0.1, -0.05) is 70.2 Å². The lowest BCUT2D eigenvalue weighted by Crippen LogP contribution is -2.62. The van der Waals surface area contributed by atoms with Gasteiger partial charge in [-0.25, -0.2) is 0 Å². The first-order chi connectivity index (χ1) is 12.4. The minimum Gasteiger partial charge on any atom is -0.319 e. The number of hydrogen-bond donors (Lipinski definition) is 0. The van der Waals surface area contributed by atoms with Gasteiger partial charge < -0.3 is 4.53 Å². The molecule has 0 unspecified atom stereocenters. The van der Waals surface area contributed by atoms with Crippen molar-refractivity contribution in [1.29, 1.82) is 0 Å². The summed E-state index contributed by atoms with van der Waals surface area (Å²) < 4.78 is 6.74. The molecule has 0 amide bonds. The topological polar surface area (TPSA) is 24.9 Å². The van der Waals surface area contributed by atoms with Gasteiger partial charge in [-0.05, 0) is 57.1 Å². The normalized spacial score (nSPS) is 24.4. The van der Waals surface area contributed by atoms with Crippen molar-refractivity contribution in [1.82, 2.24) is 10.1 Å². The lowest BCUT2D eigenvalue weighted by molar-refractivity contribution is -0.428. The number of likely N-dealkylation sites (N-methyl/N-ethyl adjacent to an activating group) is 1. The molecule has 2 rings (SSSR count). The van der Waals surface area contributed by atoms with Crippen molar-refractivity contribution in [3.05, 3.63) is 35.9 Å². The largest absolute Gasteiger partial charge is 0.319 e. The maximum absolute atomic E-state index is 6.74. The molecule has 5 heteroatoms. The monoisotopic (exact) mass is 392 g/mol. The second-order valence-corrected chi connectivity index (χ2v) is 14.5. The minimum atomic E-state index is -2.02. The first kappa shape index (κ1) is 22.6. The van der Waals surface area contributed by atoms with Gasteiger partial charge in [0, 0.05) is 5.92 Å². The van der Waals surface area contributed by atoms with Crippen LogP contribution in [0.5, 0.6) is 0 Å². The SMILES string of the molecule is CCN(CC)[C@@H]1[C@@H](c2ccccc2)CC(C)(C)ON1O[Si](C)(C)C(C)(C)C. The summed E-state index contributed by atoms with van der Waals surface area (Å²) in [7, 11) is -2.02. The van der Waals surface area contributed by atoms with Crippen LogP contribution in [0.2, 0.25) is 18.1 Å². The van der Waals surface area contributed by atoms with E-state index in [2.05, 4.69) is 96.8 Å². The Bertz CT molecular complexity index is 594. The fourth-order valence-electron chi connectivity index (χ4n) is 3.53. The molecule has 1 aliphatic heterocycles. The van der Waals surface area contributed by atoms with Crippen LogP contribution in [-0.2, 0) is 9.36 Å². The molecule has 0 spiro atoms. The zero-order valence-electron chi connectivity index (χ0n) is 18.9. The maximum atomic E-state index is 6.74. The molecule has 0 aromatic heterocycles. The molecule has 1 aliphatic rings. The predicted octanol–water partition coefficient (Wildman–Crippen LogP) is 5.79. The smallest absolute Gasteiger partial charge is 0.223 e. The van der Waals surface area contributed by atoms with E-state index in [4.69, 9.17) is 9.36 Å². The van der Waals surface area contributed by atoms with Gasteiger partial charge in [-0.15, -0.1) is 0 Å². The second kappa shape index (κ2) is 8.33. The number of benzene rings is 1. The van der Waals surface area contributed by atoms with Gasteiger partial charge in [0.05, 0.1) is 5.60 Å². The summed E-state index contributed by atoms with van der Waals surface area (Å²) in [5, 5.41) is 2.00. The molecule has 1 aromatic rings. The van der Waals surface area contributed by atoms with Crippen LogP contribution in [0.15, 0.2) is 30.3 Å². The third-order valence-electron chi connectivity index (χ3n) is 6.16. The fourth-order valence-corrected chi connectivity index (χ4v) is 4.40. The molecule has 0 radical (unpaired) electrons. The highest BCUT2D eigenvalue weighted by atomic mass is 28.4. The van der Waals surface area contributed by atoms with Crippen molar-refractivity contribution >= 4 is 8.32 Å². The highest BCUT2D eigenvalue weighted by Gasteiger charge is 2.49. The lowest BCUT2D eigenvalue weighted by atomic mass is 9.84. The molecule has 1 heterocycles. The van der Waals surface area contributed by atoms with E-state index in [1.54, 1.807) is 0 Å². The number of hydrogen-bond acceptors (Lipinski definition) is 4. The molecule has 0 saturated carbocycles. The summed E-state index contributed by atoms with van der Waals surface area (Å²) in [4.78, 5) is 8.92. The molecule has 4 nitrogen and oxygen atoms in total. The molecule has 0 N–H and O–H groups in total. The molecule has 1 saturated heterocycles. The Kier molecular flexibility index (Phi) is 6.97. The van der Waals surface area contributed by atoms with E-state index in [1.807, 2.05) is 5.23 Å². The van der Waals surface area contributed by atoms with Crippen molar-refractivity contribution in [3.8, 4) is 0 Å². The quantitative estimate of drug-likeness (QED) is 0.572. The van der Waals surface area contributed by atoms with E-state index >= 15 is 0 Å². The summed E-state index contributed by atoms with van der Waals surface area (Å²) in [5.74, 6) is 0.333. The molecule has 27 heavy (non-hydrogen) atoms. The van der Waals surface area contributed by atoms with E-state index in [0.717, 1.165) is 19.5 Å². The van der Waals surface area contributed by atoms with Crippen LogP contribution in [0.4, 0.5) is 0 Å². The van der Waals surface area contributed by atoms with Crippen molar-refractivity contribution in [2.45, 2.75) is 90.7 Å². The zero-order chi connectivity index (χ0) is 20.5. The van der Waals surface area contributed by atoms with Gasteiger partial charge in [0.25, 0.3) is 0 Å². The van der Waals surface area contributed by atoms with Crippen molar-refractivity contribution in [3.63, 3.8) is 0 Å². The Morgan fingerprint density at radius 1 is 1.15 bits per heavy atom. The van der Waals surface area contributed by atoms with Crippen LogP contribution < -0.4 is 0 Å². The lowest BCUT2D eigenvalue weighted by Gasteiger charge is -2.53. The Morgan fingerprint density at radius 3 is 2.19 bits per heavy atom. The standard InChI is InChI=1S/C22H40N2O2Si/c1-10-23(11-2)20-19(18-15-13-12-14-16-18)17-22(6,7)25-24(20)26-27(8,9)21(3,4)5/h12-16,19-20H,10-11,17H2,1-9H3/t19-,20+/m1/s1. The van der Waals surface area contributed by atoms with Crippen LogP contribution in [0.1, 0.15) is 66.4 Å². The van der Waals surface area contributed by atoms with Crippen molar-refractivity contribution < 1.29 is 9.36 Å². The summed E-state index contributed by atoms with van der Waals surface area (Å²) in [6.45, 7) is 22.1. The average molecular weight is 393 g/mol. The van der Waals surface area contributed by atoms with Gasteiger partial charge in [0.2, 0.25) is 8.32 Å². The van der Waals surface area contributed by atoms with Crippen LogP contribution in [-0.4, -0.2) is 43.3 Å². The molecule has 1 fully saturated rings. The van der Waals surface area contributed by atoms with Gasteiger partial charge in [0.1, 0.15) is 6.17 Å². The summed E-state index contributed by atoms with van der Waals surface area (Å²) in [6, 6.07) is 10.8. The molecule has 0 bridgehead atoms. The molecular formula is C22H40N2O2Si. The summed E-state index contributed by atoms with van der Waals surface area (Å²) in [6.07, 6.45) is 1.04. The Morgan fingerprint density at radius 2 is 1.70 bits per heavy atom. The number of nitrogens with zero attached hydrogens (tertiary/aromatic N) is 2. The van der Waals surface area contributed by atoms with Crippen LogP contribution in [0.3, 0.4) is 0 Å². The highest BCUT2D eigenvalue weighted by Crippen LogP contribution is 2.44. The van der Waals surface area contributed by atoms with Gasteiger partial charge in [-0.3, -0.25) is 9.74 Å². The average Bonchev–Trinajstić information content (AvgIpc) is 2.56. The Balaban J connectivity index is 2.47. The van der Waals surface area contributed by atoms with Crippen molar-refractivity contribution in [2.24, 2.45) is 0 Å². The third kappa shape index (κ3) is 5.21. The summed E-state index contributed by atoms with van der Waals surface area (Å²) in [5.41, 5.74) is 1.08. The zero-order valence-corrected chi connectivity index (χ0v) is 19.9. The Labute approximate surface area is 167 Å². The van der Waals surface area contributed by atoms with Crippen LogP contribution in [0.25, 0.3) is 0 Å². The van der Waals surface area contributed by atoms with E-state index in [1.165, 1.54) is 5.56 Å². The minimum absolute atomic E-state index is 0.0737. The van der Waals surface area contributed by atoms with E-state index < -0.39 is 8.32 Å². The number of rotatable bonds is 6. The first-order valence-corrected chi connectivity index (χ1v) is 13.3. The second-order valence-electron chi connectivity index (χ2n) is 9.84. The first-order valence-electron chi connectivity index (χ1n) is 10.4. The molecule has 1 aromatic carbocycles. The van der Waals surface area contributed by atoms with Crippen LogP contribution >= 0.6 is 0 Å². The van der Waals surface area contributed by atoms with E-state index in [-0.39, 0.29) is 16.8 Å². The van der Waals surface area contributed by atoms with E-state index in [0.29, 0.717) is 5.92 Å². The molecule has 0 aliphatic carbocycles. The van der Waals surface area contributed by atoms with Crippen molar-refractivity contribution in [2.75, 3.05) is 13.1 Å². The number of hydroxylamine groups is 2. The van der Waals surface area contributed by atoms with E-state index in [9.17, 15) is 0 Å². The highest BCUT2D eigenvalue weighted by molar-refractivity contribution is 6.74. The molecular weight excluding hydrogens is 352 g/mol. The third-order valence-corrected chi connectivity index (χ3v) is 10.4. The molecule has 154 valence electrons. The van der Waals surface area contributed by atoms with Gasteiger partial charge in [0.15, 0.2) is 0 Å².